The number of para-hydroxylation sites is 1. The highest BCUT2D eigenvalue weighted by atomic mass is 16.5. The van der Waals surface area contributed by atoms with E-state index in [1.54, 1.807) is 0 Å². The maximum absolute atomic E-state index is 6.01. The van der Waals surface area contributed by atoms with Crippen molar-refractivity contribution in [3.05, 3.63) is 29.8 Å². The fourth-order valence-electron chi connectivity index (χ4n) is 2.25. The minimum Gasteiger partial charge on any atom is -0.493 e. The molecule has 2 atom stereocenters. The molecule has 0 aliphatic rings. The second kappa shape index (κ2) is 8.98. The quantitative estimate of drug-likeness (QED) is 0.705. The van der Waals surface area contributed by atoms with Crippen LogP contribution in [0.1, 0.15) is 58.6 Å². The zero-order chi connectivity index (χ0) is 14.1. The lowest BCUT2D eigenvalue weighted by Gasteiger charge is -2.19. The zero-order valence-electron chi connectivity index (χ0n) is 12.9. The molecule has 0 fully saturated rings. The van der Waals surface area contributed by atoms with Gasteiger partial charge < -0.3 is 10.1 Å². The van der Waals surface area contributed by atoms with Gasteiger partial charge in [-0.2, -0.15) is 0 Å². The first-order valence-corrected chi connectivity index (χ1v) is 7.64. The Morgan fingerprint density at radius 1 is 1.11 bits per heavy atom. The fourth-order valence-corrected chi connectivity index (χ4v) is 2.25. The van der Waals surface area contributed by atoms with Gasteiger partial charge in [0.15, 0.2) is 0 Å². The van der Waals surface area contributed by atoms with Gasteiger partial charge in [-0.05, 0) is 38.3 Å². The third-order valence-electron chi connectivity index (χ3n) is 3.39. The van der Waals surface area contributed by atoms with E-state index >= 15 is 0 Å². The molecule has 108 valence electrons. The van der Waals surface area contributed by atoms with Crippen molar-refractivity contribution in [1.82, 2.24) is 5.32 Å². The summed E-state index contributed by atoms with van der Waals surface area (Å²) in [4.78, 5) is 0. The summed E-state index contributed by atoms with van der Waals surface area (Å²) < 4.78 is 6.01. The first kappa shape index (κ1) is 16.0. The van der Waals surface area contributed by atoms with Gasteiger partial charge in [0.1, 0.15) is 5.75 Å². The van der Waals surface area contributed by atoms with E-state index in [0.717, 1.165) is 25.3 Å². The Labute approximate surface area is 118 Å². The van der Waals surface area contributed by atoms with Crippen LogP contribution in [0.3, 0.4) is 0 Å². The molecule has 0 saturated carbocycles. The molecule has 2 unspecified atom stereocenters. The molecular formula is C17H29NO. The molecule has 0 spiro atoms. The monoisotopic (exact) mass is 263 g/mol. The topological polar surface area (TPSA) is 21.3 Å². The first-order valence-electron chi connectivity index (χ1n) is 7.64. The second-order valence-electron chi connectivity index (χ2n) is 5.42. The fraction of sp³-hybridized carbons (Fsp3) is 0.647. The van der Waals surface area contributed by atoms with E-state index in [2.05, 4.69) is 57.3 Å². The molecule has 0 bridgehead atoms. The van der Waals surface area contributed by atoms with Gasteiger partial charge in [-0.3, -0.25) is 0 Å². The van der Waals surface area contributed by atoms with Crippen molar-refractivity contribution >= 4 is 0 Å². The number of ether oxygens (including phenoxy) is 1. The van der Waals surface area contributed by atoms with Crippen molar-refractivity contribution in [3.63, 3.8) is 0 Å². The summed E-state index contributed by atoms with van der Waals surface area (Å²) in [6.45, 7) is 10.7. The highest BCUT2D eigenvalue weighted by Crippen LogP contribution is 2.25. The molecule has 0 heterocycles. The zero-order valence-corrected chi connectivity index (χ0v) is 12.9. The molecule has 0 saturated heterocycles. The van der Waals surface area contributed by atoms with Gasteiger partial charge in [-0.25, -0.2) is 0 Å². The van der Waals surface area contributed by atoms with Crippen molar-refractivity contribution in [2.75, 3.05) is 13.2 Å². The minimum absolute atomic E-state index is 0.345. The van der Waals surface area contributed by atoms with E-state index in [0.29, 0.717) is 12.0 Å². The Kier molecular flexibility index (Phi) is 7.57. The summed E-state index contributed by atoms with van der Waals surface area (Å²) in [5, 5.41) is 3.52. The van der Waals surface area contributed by atoms with Crippen LogP contribution in [0.15, 0.2) is 24.3 Å². The SMILES string of the molecule is CCCNC(C)c1ccccc1OCC(C)CCC. The number of hydrogen-bond donors (Lipinski definition) is 1. The molecule has 0 aliphatic heterocycles. The maximum atomic E-state index is 6.01. The van der Waals surface area contributed by atoms with Gasteiger partial charge in [0.05, 0.1) is 6.61 Å². The molecule has 0 radical (unpaired) electrons. The molecule has 0 aliphatic carbocycles. The van der Waals surface area contributed by atoms with Crippen LogP contribution in [0.5, 0.6) is 5.75 Å². The average molecular weight is 263 g/mol. The van der Waals surface area contributed by atoms with E-state index in [4.69, 9.17) is 4.74 Å². The Hall–Kier alpha value is -1.02. The summed E-state index contributed by atoms with van der Waals surface area (Å²) in [6.07, 6.45) is 3.60. The van der Waals surface area contributed by atoms with Crippen LogP contribution < -0.4 is 10.1 Å². The molecule has 19 heavy (non-hydrogen) atoms. The molecule has 1 aromatic carbocycles. The molecule has 0 amide bonds. The Morgan fingerprint density at radius 3 is 2.53 bits per heavy atom. The summed E-state index contributed by atoms with van der Waals surface area (Å²) in [7, 11) is 0. The molecule has 2 heteroatoms. The van der Waals surface area contributed by atoms with Crippen LogP contribution in [0.25, 0.3) is 0 Å². The standard InChI is InChI=1S/C17H29NO/c1-5-9-14(3)13-19-17-11-8-7-10-16(17)15(4)18-12-6-2/h7-8,10-11,14-15,18H,5-6,9,12-13H2,1-4H3. The van der Waals surface area contributed by atoms with Crippen molar-refractivity contribution < 1.29 is 4.74 Å². The molecule has 1 N–H and O–H groups in total. The van der Waals surface area contributed by atoms with Crippen LogP contribution in [-0.2, 0) is 0 Å². The van der Waals surface area contributed by atoms with E-state index in [1.165, 1.54) is 18.4 Å². The Balaban J connectivity index is 2.62. The molecule has 0 aromatic heterocycles. The summed E-state index contributed by atoms with van der Waals surface area (Å²) in [5.41, 5.74) is 1.26. The van der Waals surface area contributed by atoms with Crippen LogP contribution >= 0.6 is 0 Å². The van der Waals surface area contributed by atoms with Crippen LogP contribution in [0.2, 0.25) is 0 Å². The number of benzene rings is 1. The predicted molar refractivity (Wildman–Crippen MR) is 82.7 cm³/mol. The summed E-state index contributed by atoms with van der Waals surface area (Å²) >= 11 is 0. The number of hydrogen-bond acceptors (Lipinski definition) is 2. The highest BCUT2D eigenvalue weighted by molar-refractivity contribution is 5.35. The predicted octanol–water partition coefficient (Wildman–Crippen LogP) is 4.56. The lowest BCUT2D eigenvalue weighted by Crippen LogP contribution is -2.20. The largest absolute Gasteiger partial charge is 0.493 e. The Bertz CT molecular complexity index is 351. The molecule has 1 rings (SSSR count). The average Bonchev–Trinajstić information content (AvgIpc) is 2.43. The normalized spacial score (nSPS) is 14.1. The van der Waals surface area contributed by atoms with Crippen LogP contribution in [-0.4, -0.2) is 13.2 Å². The smallest absolute Gasteiger partial charge is 0.124 e. The van der Waals surface area contributed by atoms with E-state index in [9.17, 15) is 0 Å². The van der Waals surface area contributed by atoms with Crippen LogP contribution in [0.4, 0.5) is 0 Å². The lowest BCUT2D eigenvalue weighted by molar-refractivity contribution is 0.247. The second-order valence-corrected chi connectivity index (χ2v) is 5.42. The van der Waals surface area contributed by atoms with Gasteiger partial charge in [0, 0.05) is 11.6 Å². The summed E-state index contributed by atoms with van der Waals surface area (Å²) in [5.74, 6) is 1.65. The van der Waals surface area contributed by atoms with E-state index < -0.39 is 0 Å². The maximum Gasteiger partial charge on any atom is 0.124 e. The lowest BCUT2D eigenvalue weighted by atomic mass is 10.1. The van der Waals surface area contributed by atoms with Gasteiger partial charge in [-0.1, -0.05) is 45.4 Å². The number of rotatable bonds is 9. The molecule has 2 nitrogen and oxygen atoms in total. The van der Waals surface area contributed by atoms with Gasteiger partial charge >= 0.3 is 0 Å². The van der Waals surface area contributed by atoms with Gasteiger partial charge in [0.2, 0.25) is 0 Å². The first-order chi connectivity index (χ1) is 9.19. The third-order valence-corrected chi connectivity index (χ3v) is 3.39. The van der Waals surface area contributed by atoms with Crippen molar-refractivity contribution in [3.8, 4) is 5.75 Å². The van der Waals surface area contributed by atoms with Crippen molar-refractivity contribution in [1.29, 1.82) is 0 Å². The highest BCUT2D eigenvalue weighted by Gasteiger charge is 2.11. The van der Waals surface area contributed by atoms with Gasteiger partial charge in [-0.15, -0.1) is 0 Å². The Morgan fingerprint density at radius 2 is 1.84 bits per heavy atom. The number of nitrogens with one attached hydrogen (secondary N) is 1. The van der Waals surface area contributed by atoms with Crippen molar-refractivity contribution in [2.45, 2.75) is 53.0 Å². The molecular weight excluding hydrogens is 234 g/mol. The molecule has 1 aromatic rings. The minimum atomic E-state index is 0.345. The third kappa shape index (κ3) is 5.65. The van der Waals surface area contributed by atoms with Crippen molar-refractivity contribution in [2.24, 2.45) is 5.92 Å². The van der Waals surface area contributed by atoms with E-state index in [-0.39, 0.29) is 0 Å². The van der Waals surface area contributed by atoms with E-state index in [1.807, 2.05) is 0 Å². The summed E-state index contributed by atoms with van der Waals surface area (Å²) in [6, 6.07) is 8.72. The van der Waals surface area contributed by atoms with Gasteiger partial charge in [0.25, 0.3) is 0 Å². The van der Waals surface area contributed by atoms with Crippen LogP contribution in [0, 0.1) is 5.92 Å².